The molecule has 0 bridgehead atoms. The van der Waals surface area contributed by atoms with Gasteiger partial charge in [-0.25, -0.2) is 0 Å². The number of nitrogens with two attached hydrogens (primary N) is 1. The van der Waals surface area contributed by atoms with Crippen molar-refractivity contribution in [3.8, 4) is 0 Å². The highest BCUT2D eigenvalue weighted by atomic mass is 14.7. The summed E-state index contributed by atoms with van der Waals surface area (Å²) in [6, 6.07) is 6.19. The third-order valence-electron chi connectivity index (χ3n) is 1.86. The minimum Gasteiger partial charge on any atom is -0.330 e. The third-order valence-corrected chi connectivity index (χ3v) is 1.86. The Kier molecular flexibility index (Phi) is 3.74. The van der Waals surface area contributed by atoms with E-state index in [0.29, 0.717) is 0 Å². The molecule has 0 atom stereocenters. The number of hydrogen-bond acceptors (Lipinski definition) is 2. The Balaban J connectivity index is 2.60. The van der Waals surface area contributed by atoms with Crippen LogP contribution in [0.5, 0.6) is 0 Å². The number of hydrogen-bond donors (Lipinski definition) is 1. The topological polar surface area (TPSA) is 38.9 Å². The smallest absolute Gasteiger partial charge is 0.0407 e. The van der Waals surface area contributed by atoms with Crippen molar-refractivity contribution in [3.05, 3.63) is 29.6 Å². The lowest BCUT2D eigenvalue weighted by Gasteiger charge is -2.00. The zero-order valence-electron chi connectivity index (χ0n) is 7.59. The summed E-state index contributed by atoms with van der Waals surface area (Å²) >= 11 is 0. The molecule has 66 valence electrons. The summed E-state index contributed by atoms with van der Waals surface area (Å²) in [7, 11) is 0. The molecule has 1 rings (SSSR count). The zero-order chi connectivity index (χ0) is 8.81. The van der Waals surface area contributed by atoms with Crippen molar-refractivity contribution in [2.24, 2.45) is 5.73 Å². The Hall–Kier alpha value is -0.890. The molecule has 0 saturated carbocycles. The summed E-state index contributed by atoms with van der Waals surface area (Å²) in [5.41, 5.74) is 7.76. The minimum absolute atomic E-state index is 0.748. The van der Waals surface area contributed by atoms with Gasteiger partial charge < -0.3 is 5.73 Å². The van der Waals surface area contributed by atoms with Crippen LogP contribution < -0.4 is 5.73 Å². The van der Waals surface area contributed by atoms with Gasteiger partial charge in [0.25, 0.3) is 0 Å². The molecule has 0 spiro atoms. The van der Waals surface area contributed by atoms with Crippen LogP contribution in [0.4, 0.5) is 0 Å². The van der Waals surface area contributed by atoms with Crippen molar-refractivity contribution >= 4 is 0 Å². The highest BCUT2D eigenvalue weighted by Crippen LogP contribution is 2.02. The number of nitrogens with zero attached hydrogens (tertiary/aromatic N) is 1. The molecule has 0 aliphatic heterocycles. The van der Waals surface area contributed by atoms with Crippen LogP contribution >= 0.6 is 0 Å². The Morgan fingerprint density at radius 1 is 1.33 bits per heavy atom. The van der Waals surface area contributed by atoms with E-state index in [0.717, 1.165) is 25.8 Å². The van der Waals surface area contributed by atoms with E-state index in [4.69, 9.17) is 5.73 Å². The van der Waals surface area contributed by atoms with Crippen molar-refractivity contribution in [3.63, 3.8) is 0 Å². The fourth-order valence-corrected chi connectivity index (χ4v) is 1.15. The molecule has 0 aromatic carbocycles. The Morgan fingerprint density at radius 3 is 2.75 bits per heavy atom. The van der Waals surface area contributed by atoms with Gasteiger partial charge in [0.1, 0.15) is 0 Å². The molecule has 1 aromatic rings. The van der Waals surface area contributed by atoms with E-state index < -0.39 is 0 Å². The van der Waals surface area contributed by atoms with Gasteiger partial charge in [-0.3, -0.25) is 4.98 Å². The van der Waals surface area contributed by atoms with Crippen molar-refractivity contribution in [2.75, 3.05) is 6.54 Å². The molecular formula is C10H16N2. The van der Waals surface area contributed by atoms with Crippen LogP contribution in [-0.2, 0) is 12.8 Å². The lowest BCUT2D eigenvalue weighted by molar-refractivity contribution is 0.801. The quantitative estimate of drug-likeness (QED) is 0.733. The summed E-state index contributed by atoms with van der Waals surface area (Å²) in [4.78, 5) is 4.47. The second-order valence-electron chi connectivity index (χ2n) is 2.87. The maximum Gasteiger partial charge on any atom is 0.0407 e. The van der Waals surface area contributed by atoms with Gasteiger partial charge >= 0.3 is 0 Å². The van der Waals surface area contributed by atoms with E-state index in [-0.39, 0.29) is 0 Å². The average Bonchev–Trinajstić information content (AvgIpc) is 2.15. The van der Waals surface area contributed by atoms with Crippen molar-refractivity contribution < 1.29 is 0 Å². The number of aryl methyl sites for hydroxylation is 2. The van der Waals surface area contributed by atoms with E-state index in [9.17, 15) is 0 Å². The van der Waals surface area contributed by atoms with Crippen molar-refractivity contribution in [1.29, 1.82) is 0 Å². The molecule has 0 saturated heterocycles. The van der Waals surface area contributed by atoms with Crippen LogP contribution in [0.3, 0.4) is 0 Å². The minimum atomic E-state index is 0.748. The second-order valence-corrected chi connectivity index (χ2v) is 2.87. The van der Waals surface area contributed by atoms with Gasteiger partial charge in [-0.05, 0) is 37.9 Å². The molecule has 0 aliphatic rings. The van der Waals surface area contributed by atoms with E-state index in [1.54, 1.807) is 0 Å². The van der Waals surface area contributed by atoms with E-state index in [1.165, 1.54) is 11.4 Å². The van der Waals surface area contributed by atoms with Crippen LogP contribution in [-0.4, -0.2) is 11.5 Å². The molecular weight excluding hydrogens is 148 g/mol. The van der Waals surface area contributed by atoms with Crippen molar-refractivity contribution in [2.45, 2.75) is 26.2 Å². The molecule has 1 aromatic heterocycles. The third kappa shape index (κ3) is 2.62. The van der Waals surface area contributed by atoms with Crippen LogP contribution in [0.1, 0.15) is 24.7 Å². The monoisotopic (exact) mass is 164 g/mol. The summed E-state index contributed by atoms with van der Waals surface area (Å²) in [6.45, 7) is 2.87. The first-order valence-electron chi connectivity index (χ1n) is 4.51. The maximum atomic E-state index is 5.42. The molecule has 1 heterocycles. The summed E-state index contributed by atoms with van der Waals surface area (Å²) in [5.74, 6) is 0. The molecule has 0 fully saturated rings. The molecule has 0 unspecified atom stereocenters. The number of pyridine rings is 1. The van der Waals surface area contributed by atoms with Crippen LogP contribution in [0, 0.1) is 0 Å². The Labute approximate surface area is 73.8 Å². The molecule has 0 radical (unpaired) electrons. The lowest BCUT2D eigenvalue weighted by Crippen LogP contribution is -2.02. The Morgan fingerprint density at radius 2 is 2.08 bits per heavy atom. The average molecular weight is 164 g/mol. The summed E-state index contributed by atoms with van der Waals surface area (Å²) in [6.07, 6.45) is 3.04. The number of rotatable bonds is 4. The first-order valence-corrected chi connectivity index (χ1v) is 4.51. The van der Waals surface area contributed by atoms with Crippen molar-refractivity contribution in [1.82, 2.24) is 4.98 Å². The molecule has 2 N–H and O–H groups in total. The Bertz CT molecular complexity index is 233. The standard InChI is InChI=1S/C10H16N2/c1-2-9-5-3-6-10(12-9)7-4-8-11/h3,5-6H,2,4,7-8,11H2,1H3. The van der Waals surface area contributed by atoms with Gasteiger partial charge in [0, 0.05) is 11.4 Å². The van der Waals surface area contributed by atoms with Gasteiger partial charge in [-0.1, -0.05) is 13.0 Å². The molecule has 0 aliphatic carbocycles. The number of aromatic nitrogens is 1. The van der Waals surface area contributed by atoms with Gasteiger partial charge in [0.05, 0.1) is 0 Å². The molecule has 12 heavy (non-hydrogen) atoms. The molecule has 2 nitrogen and oxygen atoms in total. The fraction of sp³-hybridized carbons (Fsp3) is 0.500. The molecule has 2 heteroatoms. The predicted molar refractivity (Wildman–Crippen MR) is 51.0 cm³/mol. The van der Waals surface area contributed by atoms with Crippen LogP contribution in [0.2, 0.25) is 0 Å². The first-order chi connectivity index (χ1) is 5.86. The normalized spacial score (nSPS) is 10.2. The van der Waals surface area contributed by atoms with Gasteiger partial charge in [0.2, 0.25) is 0 Å². The van der Waals surface area contributed by atoms with Crippen LogP contribution in [0.25, 0.3) is 0 Å². The highest BCUT2D eigenvalue weighted by molar-refractivity contribution is 5.11. The SMILES string of the molecule is CCc1cccc(CCCN)n1. The van der Waals surface area contributed by atoms with Gasteiger partial charge in [0.15, 0.2) is 0 Å². The predicted octanol–water partition coefficient (Wildman–Crippen LogP) is 1.54. The summed E-state index contributed by atoms with van der Waals surface area (Å²) < 4.78 is 0. The molecule has 0 amide bonds. The summed E-state index contributed by atoms with van der Waals surface area (Å²) in [5, 5.41) is 0. The van der Waals surface area contributed by atoms with Gasteiger partial charge in [-0.15, -0.1) is 0 Å². The fourth-order valence-electron chi connectivity index (χ4n) is 1.15. The van der Waals surface area contributed by atoms with Gasteiger partial charge in [-0.2, -0.15) is 0 Å². The lowest BCUT2D eigenvalue weighted by atomic mass is 10.2. The zero-order valence-corrected chi connectivity index (χ0v) is 7.59. The van der Waals surface area contributed by atoms with E-state index in [1.807, 2.05) is 0 Å². The van der Waals surface area contributed by atoms with Crippen LogP contribution in [0.15, 0.2) is 18.2 Å². The first kappa shape index (κ1) is 9.20. The highest BCUT2D eigenvalue weighted by Gasteiger charge is 1.94. The second kappa shape index (κ2) is 4.88. The maximum absolute atomic E-state index is 5.42. The van der Waals surface area contributed by atoms with E-state index in [2.05, 4.69) is 30.1 Å². The van der Waals surface area contributed by atoms with E-state index >= 15 is 0 Å². The largest absolute Gasteiger partial charge is 0.330 e.